The monoisotopic (exact) mass is 338 g/mol. The molecule has 0 amide bonds. The predicted molar refractivity (Wildman–Crippen MR) is 71.4 cm³/mol. The van der Waals surface area contributed by atoms with Crippen molar-refractivity contribution < 1.29 is 13.2 Å². The standard InChI is InChI=1S/C11H12BrClO3S/c12-9-1-2-11(8(5-9)6-13)16-10-3-4-17(14,15)7-10/h1-2,5,10H,3-4,6-7H2. The summed E-state index contributed by atoms with van der Waals surface area (Å²) in [6, 6.07) is 5.55. The van der Waals surface area contributed by atoms with E-state index in [2.05, 4.69) is 15.9 Å². The zero-order valence-electron chi connectivity index (χ0n) is 9.03. The summed E-state index contributed by atoms with van der Waals surface area (Å²) < 4.78 is 29.3. The number of hydrogen-bond donors (Lipinski definition) is 0. The van der Waals surface area contributed by atoms with Crippen molar-refractivity contribution in [3.05, 3.63) is 28.2 Å². The zero-order valence-corrected chi connectivity index (χ0v) is 12.2. The van der Waals surface area contributed by atoms with Crippen LogP contribution in [0.2, 0.25) is 0 Å². The molecule has 1 aliphatic heterocycles. The second-order valence-corrected chi connectivity index (χ2v) is 7.44. The molecule has 3 nitrogen and oxygen atoms in total. The van der Waals surface area contributed by atoms with Crippen LogP contribution in [0.4, 0.5) is 0 Å². The molecule has 0 N–H and O–H groups in total. The van der Waals surface area contributed by atoms with Gasteiger partial charge in [0.1, 0.15) is 11.9 Å². The minimum Gasteiger partial charge on any atom is -0.489 e. The van der Waals surface area contributed by atoms with Gasteiger partial charge in [-0.1, -0.05) is 15.9 Å². The molecule has 1 fully saturated rings. The van der Waals surface area contributed by atoms with Crippen molar-refractivity contribution in [3.8, 4) is 5.75 Å². The average Bonchev–Trinajstić information content (AvgIpc) is 2.61. The van der Waals surface area contributed by atoms with Crippen molar-refractivity contribution in [2.24, 2.45) is 0 Å². The number of rotatable bonds is 3. The number of benzene rings is 1. The molecule has 1 saturated heterocycles. The van der Waals surface area contributed by atoms with Gasteiger partial charge in [0.2, 0.25) is 0 Å². The summed E-state index contributed by atoms with van der Waals surface area (Å²) in [4.78, 5) is 0. The molecule has 0 radical (unpaired) electrons. The molecule has 1 unspecified atom stereocenters. The summed E-state index contributed by atoms with van der Waals surface area (Å²) in [6.45, 7) is 0. The third kappa shape index (κ3) is 3.36. The van der Waals surface area contributed by atoms with Crippen LogP contribution in [0, 0.1) is 0 Å². The maximum Gasteiger partial charge on any atom is 0.154 e. The molecule has 0 spiro atoms. The summed E-state index contributed by atoms with van der Waals surface area (Å²) in [5, 5.41) is 0. The molecule has 0 bridgehead atoms. The lowest BCUT2D eigenvalue weighted by molar-refractivity contribution is 0.227. The Balaban J connectivity index is 2.14. The van der Waals surface area contributed by atoms with E-state index in [1.54, 1.807) is 0 Å². The molecule has 0 aromatic heterocycles. The summed E-state index contributed by atoms with van der Waals surface area (Å²) in [5.74, 6) is 1.33. The van der Waals surface area contributed by atoms with Crippen molar-refractivity contribution in [1.82, 2.24) is 0 Å². The SMILES string of the molecule is O=S1(=O)CCC(Oc2ccc(Br)cc2CCl)C1. The van der Waals surface area contributed by atoms with Gasteiger partial charge in [-0.25, -0.2) is 8.42 Å². The quantitative estimate of drug-likeness (QED) is 0.795. The van der Waals surface area contributed by atoms with Crippen molar-refractivity contribution in [3.63, 3.8) is 0 Å². The van der Waals surface area contributed by atoms with E-state index >= 15 is 0 Å². The Labute approximate surface area is 114 Å². The van der Waals surface area contributed by atoms with Crippen LogP contribution >= 0.6 is 27.5 Å². The van der Waals surface area contributed by atoms with Crippen LogP contribution in [0.3, 0.4) is 0 Å². The lowest BCUT2D eigenvalue weighted by Crippen LogP contribution is -2.18. The van der Waals surface area contributed by atoms with Gasteiger partial charge in [-0.2, -0.15) is 0 Å². The largest absolute Gasteiger partial charge is 0.489 e. The number of sulfone groups is 1. The van der Waals surface area contributed by atoms with E-state index in [-0.39, 0.29) is 17.6 Å². The van der Waals surface area contributed by atoms with Crippen LogP contribution in [-0.2, 0) is 15.7 Å². The van der Waals surface area contributed by atoms with E-state index in [1.807, 2.05) is 18.2 Å². The van der Waals surface area contributed by atoms with Gasteiger partial charge in [0.15, 0.2) is 9.84 Å². The summed E-state index contributed by atoms with van der Waals surface area (Å²) >= 11 is 9.18. The summed E-state index contributed by atoms with van der Waals surface area (Å²) in [6.07, 6.45) is 0.309. The highest BCUT2D eigenvalue weighted by molar-refractivity contribution is 9.10. The summed E-state index contributed by atoms with van der Waals surface area (Å²) in [7, 11) is -2.91. The van der Waals surface area contributed by atoms with E-state index < -0.39 is 9.84 Å². The Hall–Kier alpha value is -0.260. The molecule has 94 valence electrons. The Bertz CT molecular complexity index is 515. The van der Waals surface area contributed by atoms with Gasteiger partial charge in [0.05, 0.1) is 17.4 Å². The predicted octanol–water partition coefficient (Wildman–Crippen LogP) is 2.75. The number of ether oxygens (including phenoxy) is 1. The van der Waals surface area contributed by atoms with E-state index in [9.17, 15) is 8.42 Å². The third-order valence-electron chi connectivity index (χ3n) is 2.65. The van der Waals surface area contributed by atoms with Crippen molar-refractivity contribution in [2.75, 3.05) is 11.5 Å². The molecule has 17 heavy (non-hydrogen) atoms. The van der Waals surface area contributed by atoms with Gasteiger partial charge in [-0.15, -0.1) is 11.6 Å². The van der Waals surface area contributed by atoms with Gasteiger partial charge in [0.25, 0.3) is 0 Å². The highest BCUT2D eigenvalue weighted by Gasteiger charge is 2.29. The van der Waals surface area contributed by atoms with E-state index in [4.69, 9.17) is 16.3 Å². The highest BCUT2D eigenvalue weighted by atomic mass is 79.9. The van der Waals surface area contributed by atoms with Crippen LogP contribution < -0.4 is 4.74 Å². The third-order valence-corrected chi connectivity index (χ3v) is 5.17. The lowest BCUT2D eigenvalue weighted by atomic mass is 10.2. The van der Waals surface area contributed by atoms with Gasteiger partial charge < -0.3 is 4.74 Å². The maximum atomic E-state index is 11.3. The molecule has 1 aromatic rings. The van der Waals surface area contributed by atoms with E-state index in [0.717, 1.165) is 10.0 Å². The smallest absolute Gasteiger partial charge is 0.154 e. The highest BCUT2D eigenvalue weighted by Crippen LogP contribution is 2.27. The average molecular weight is 340 g/mol. The summed E-state index contributed by atoms with van der Waals surface area (Å²) in [5.41, 5.74) is 0.866. The fourth-order valence-corrected chi connectivity index (χ4v) is 4.01. The number of hydrogen-bond acceptors (Lipinski definition) is 3. The fraction of sp³-hybridized carbons (Fsp3) is 0.455. The van der Waals surface area contributed by atoms with E-state index in [0.29, 0.717) is 18.1 Å². The molecule has 1 aromatic carbocycles. The van der Waals surface area contributed by atoms with Crippen molar-refractivity contribution >= 4 is 37.4 Å². The Morgan fingerprint density at radius 3 is 2.82 bits per heavy atom. The zero-order chi connectivity index (χ0) is 12.5. The minimum atomic E-state index is -2.91. The van der Waals surface area contributed by atoms with Gasteiger partial charge in [-0.3, -0.25) is 0 Å². The molecule has 1 atom stereocenters. The Kier molecular flexibility index (Phi) is 4.00. The molecule has 0 aliphatic carbocycles. The minimum absolute atomic E-state index is 0.102. The normalized spacial score (nSPS) is 22.6. The first-order chi connectivity index (χ1) is 8.00. The molecular weight excluding hydrogens is 328 g/mol. The first-order valence-corrected chi connectivity index (χ1v) is 8.36. The van der Waals surface area contributed by atoms with Crippen molar-refractivity contribution in [1.29, 1.82) is 0 Å². The lowest BCUT2D eigenvalue weighted by Gasteiger charge is -2.15. The molecule has 1 heterocycles. The molecule has 1 aliphatic rings. The van der Waals surface area contributed by atoms with Gasteiger partial charge in [0, 0.05) is 10.0 Å². The Morgan fingerprint density at radius 1 is 1.47 bits per heavy atom. The van der Waals surface area contributed by atoms with E-state index in [1.165, 1.54) is 0 Å². The second kappa shape index (κ2) is 5.16. The molecule has 6 heteroatoms. The van der Waals surface area contributed by atoms with Crippen LogP contribution in [0.5, 0.6) is 5.75 Å². The van der Waals surface area contributed by atoms with Crippen LogP contribution in [0.25, 0.3) is 0 Å². The van der Waals surface area contributed by atoms with Gasteiger partial charge >= 0.3 is 0 Å². The van der Waals surface area contributed by atoms with Crippen molar-refractivity contribution in [2.45, 2.75) is 18.4 Å². The second-order valence-electron chi connectivity index (χ2n) is 4.03. The first-order valence-electron chi connectivity index (χ1n) is 5.21. The van der Waals surface area contributed by atoms with Crippen LogP contribution in [-0.4, -0.2) is 26.0 Å². The first kappa shape index (κ1) is 13.2. The fourth-order valence-electron chi connectivity index (χ4n) is 1.80. The number of halogens is 2. The topological polar surface area (TPSA) is 43.4 Å². The number of alkyl halides is 1. The molecular formula is C11H12BrClO3S. The van der Waals surface area contributed by atoms with Crippen LogP contribution in [0.15, 0.2) is 22.7 Å². The van der Waals surface area contributed by atoms with Crippen LogP contribution in [0.1, 0.15) is 12.0 Å². The molecule has 0 saturated carbocycles. The Morgan fingerprint density at radius 2 is 2.24 bits per heavy atom. The molecule has 2 rings (SSSR count). The van der Waals surface area contributed by atoms with Gasteiger partial charge in [-0.05, 0) is 24.6 Å². The maximum absolute atomic E-state index is 11.3.